The van der Waals surface area contributed by atoms with Gasteiger partial charge in [0, 0.05) is 12.1 Å². The maximum absolute atomic E-state index is 14.9. The summed E-state index contributed by atoms with van der Waals surface area (Å²) in [6.07, 6.45) is 0.992. The summed E-state index contributed by atoms with van der Waals surface area (Å²) in [4.78, 5) is 0. The summed E-state index contributed by atoms with van der Waals surface area (Å²) in [6.45, 7) is 1.94. The Balaban J connectivity index is 1.52. The molecule has 0 saturated heterocycles. The molecule has 0 heterocycles. The Bertz CT molecular complexity index is 1400. The predicted octanol–water partition coefficient (Wildman–Crippen LogP) is 10.0. The van der Waals surface area contributed by atoms with E-state index in [1.165, 1.54) is 6.07 Å². The number of hydrogen-bond acceptors (Lipinski definition) is 2. The summed E-state index contributed by atoms with van der Waals surface area (Å²) >= 11 is 0. The molecule has 0 bridgehead atoms. The van der Waals surface area contributed by atoms with E-state index in [1.54, 1.807) is 0 Å². The van der Waals surface area contributed by atoms with Crippen molar-refractivity contribution < 1.29 is 44.6 Å². The van der Waals surface area contributed by atoms with Crippen LogP contribution in [0.5, 0.6) is 11.5 Å². The van der Waals surface area contributed by atoms with Crippen LogP contribution in [0.15, 0.2) is 73.0 Å². The van der Waals surface area contributed by atoms with E-state index in [4.69, 9.17) is 0 Å². The zero-order valence-electron chi connectivity index (χ0n) is 21.2. The molecule has 0 amide bonds. The zero-order valence-corrected chi connectivity index (χ0v) is 21.2. The van der Waals surface area contributed by atoms with Crippen molar-refractivity contribution in [1.82, 2.24) is 0 Å². The van der Waals surface area contributed by atoms with Crippen LogP contribution >= 0.6 is 0 Å². The lowest BCUT2D eigenvalue weighted by molar-refractivity contribution is -0.187. The van der Waals surface area contributed by atoms with Crippen LogP contribution in [-0.2, 0) is 6.11 Å². The molecule has 10 heteroatoms. The summed E-state index contributed by atoms with van der Waals surface area (Å²) in [5.74, 6) is -6.26. The maximum atomic E-state index is 14.9. The van der Waals surface area contributed by atoms with Gasteiger partial charge in [0.1, 0.15) is 23.2 Å². The van der Waals surface area contributed by atoms with Gasteiger partial charge in [-0.05, 0) is 79.8 Å². The highest BCUT2D eigenvalue weighted by Gasteiger charge is 2.38. The van der Waals surface area contributed by atoms with Crippen molar-refractivity contribution in [3.63, 3.8) is 0 Å². The van der Waals surface area contributed by atoms with Gasteiger partial charge in [-0.2, -0.15) is 17.6 Å². The van der Waals surface area contributed by atoms with Gasteiger partial charge in [0.2, 0.25) is 0 Å². The van der Waals surface area contributed by atoms with E-state index >= 15 is 0 Å². The molecule has 4 rings (SSSR count). The SMILES string of the molecule is C/C=C/C1CCC(c2ccc(C(F)(F)Oc3cc(F)c(-c4ccc(OC=C(F)F)c(F)c4)c(F)c3)c(F)c2)CC1. The highest BCUT2D eigenvalue weighted by Crippen LogP contribution is 2.40. The summed E-state index contributed by atoms with van der Waals surface area (Å²) in [7, 11) is 0. The Morgan fingerprint density at radius 1 is 0.825 bits per heavy atom. The molecule has 0 aliphatic heterocycles. The first-order chi connectivity index (χ1) is 19.0. The Morgan fingerprint density at radius 3 is 2.08 bits per heavy atom. The summed E-state index contributed by atoms with van der Waals surface area (Å²) in [5, 5.41) is 0. The third-order valence-electron chi connectivity index (χ3n) is 6.77. The molecule has 0 radical (unpaired) electrons. The van der Waals surface area contributed by atoms with Crippen molar-refractivity contribution in [2.75, 3.05) is 0 Å². The lowest BCUT2D eigenvalue weighted by Gasteiger charge is -2.27. The van der Waals surface area contributed by atoms with E-state index in [9.17, 15) is 35.1 Å². The summed E-state index contributed by atoms with van der Waals surface area (Å²) < 4.78 is 122. The summed E-state index contributed by atoms with van der Waals surface area (Å²) in [5.41, 5.74) is -1.65. The van der Waals surface area contributed by atoms with Gasteiger partial charge in [-0.1, -0.05) is 24.3 Å². The van der Waals surface area contributed by atoms with Gasteiger partial charge in [-0.25, -0.2) is 17.6 Å². The molecule has 3 aromatic rings. The van der Waals surface area contributed by atoms with Crippen LogP contribution < -0.4 is 9.47 Å². The molecule has 0 N–H and O–H groups in total. The minimum Gasteiger partial charge on any atom is -0.456 e. The second kappa shape index (κ2) is 12.1. The number of ether oxygens (including phenoxy) is 2. The second-order valence-corrected chi connectivity index (χ2v) is 9.43. The van der Waals surface area contributed by atoms with E-state index in [0.29, 0.717) is 29.7 Å². The standard InChI is InChI=1S/C30H24F8O2/c1-2-3-17-4-6-18(7-5-17)19-8-10-22(23(31)12-19)30(37,38)40-21-14-25(33)29(26(34)15-21)20-9-11-27(24(32)13-20)39-16-28(35)36/h2-3,8-18H,4-7H2,1H3/b3-2+. The number of hydrogen-bond donors (Lipinski definition) is 0. The van der Waals surface area contributed by atoms with E-state index in [0.717, 1.165) is 49.9 Å². The van der Waals surface area contributed by atoms with Gasteiger partial charge in [0.25, 0.3) is 0 Å². The van der Waals surface area contributed by atoms with Crippen molar-refractivity contribution in [3.8, 4) is 22.6 Å². The number of allylic oxidation sites excluding steroid dienone is 2. The van der Waals surface area contributed by atoms with E-state index in [1.807, 2.05) is 13.0 Å². The Hall–Kier alpha value is -3.82. The molecule has 0 atom stereocenters. The van der Waals surface area contributed by atoms with Crippen LogP contribution in [0.3, 0.4) is 0 Å². The molecule has 3 aromatic carbocycles. The molecule has 1 aliphatic rings. The van der Waals surface area contributed by atoms with E-state index < -0.39 is 58.1 Å². The number of benzene rings is 3. The molecule has 2 nitrogen and oxygen atoms in total. The van der Waals surface area contributed by atoms with E-state index in [-0.39, 0.29) is 17.7 Å². The van der Waals surface area contributed by atoms with Gasteiger partial charge in [0.05, 0.1) is 11.1 Å². The molecular formula is C30H24F8O2. The minimum absolute atomic E-state index is 0.0155. The van der Waals surface area contributed by atoms with Gasteiger partial charge >= 0.3 is 12.2 Å². The fourth-order valence-corrected chi connectivity index (χ4v) is 4.89. The molecule has 0 unspecified atom stereocenters. The molecule has 40 heavy (non-hydrogen) atoms. The Kier molecular flexibility index (Phi) is 8.85. The quantitative estimate of drug-likeness (QED) is 0.153. The van der Waals surface area contributed by atoms with Crippen LogP contribution in [0, 0.1) is 29.2 Å². The van der Waals surface area contributed by atoms with Crippen LogP contribution in [-0.4, -0.2) is 0 Å². The smallest absolute Gasteiger partial charge is 0.429 e. The lowest BCUT2D eigenvalue weighted by atomic mass is 9.78. The number of halogens is 8. The van der Waals surface area contributed by atoms with Crippen molar-refractivity contribution in [3.05, 3.63) is 107 Å². The molecule has 1 saturated carbocycles. The average molecular weight is 569 g/mol. The third-order valence-corrected chi connectivity index (χ3v) is 6.77. The first-order valence-electron chi connectivity index (χ1n) is 12.4. The zero-order chi connectivity index (χ0) is 29.0. The fraction of sp³-hybridized carbons (Fsp3) is 0.267. The van der Waals surface area contributed by atoms with Crippen LogP contribution in [0.25, 0.3) is 11.1 Å². The van der Waals surface area contributed by atoms with Crippen molar-refractivity contribution in [1.29, 1.82) is 0 Å². The van der Waals surface area contributed by atoms with Gasteiger partial charge in [-0.3, -0.25) is 0 Å². The predicted molar refractivity (Wildman–Crippen MR) is 133 cm³/mol. The second-order valence-electron chi connectivity index (χ2n) is 9.43. The van der Waals surface area contributed by atoms with Crippen molar-refractivity contribution >= 4 is 0 Å². The Morgan fingerprint density at radius 2 is 1.50 bits per heavy atom. The number of rotatable bonds is 8. The highest BCUT2D eigenvalue weighted by atomic mass is 19.3. The van der Waals surface area contributed by atoms with Gasteiger partial charge < -0.3 is 9.47 Å². The van der Waals surface area contributed by atoms with Crippen molar-refractivity contribution in [2.45, 2.75) is 44.6 Å². The molecule has 212 valence electrons. The topological polar surface area (TPSA) is 18.5 Å². The molecule has 1 fully saturated rings. The van der Waals surface area contributed by atoms with Crippen LogP contribution in [0.1, 0.15) is 49.7 Å². The monoisotopic (exact) mass is 568 g/mol. The third kappa shape index (κ3) is 6.66. The molecule has 0 spiro atoms. The van der Waals surface area contributed by atoms with Crippen LogP contribution in [0.4, 0.5) is 35.1 Å². The van der Waals surface area contributed by atoms with Crippen molar-refractivity contribution in [2.24, 2.45) is 5.92 Å². The molecule has 0 aromatic heterocycles. The van der Waals surface area contributed by atoms with Gasteiger partial charge in [0.15, 0.2) is 17.8 Å². The summed E-state index contributed by atoms with van der Waals surface area (Å²) in [6, 6.07) is 6.72. The van der Waals surface area contributed by atoms with Crippen LogP contribution in [0.2, 0.25) is 0 Å². The number of alkyl halides is 2. The average Bonchev–Trinajstić information content (AvgIpc) is 2.88. The largest absolute Gasteiger partial charge is 0.456 e. The van der Waals surface area contributed by atoms with Gasteiger partial charge in [-0.15, -0.1) is 0 Å². The lowest BCUT2D eigenvalue weighted by Crippen LogP contribution is -2.24. The normalized spacial score (nSPS) is 17.6. The molecule has 1 aliphatic carbocycles. The Labute approximate surface area is 225 Å². The molecular weight excluding hydrogens is 544 g/mol. The minimum atomic E-state index is -4.27. The van der Waals surface area contributed by atoms with E-state index in [2.05, 4.69) is 15.5 Å². The fourth-order valence-electron chi connectivity index (χ4n) is 4.89. The highest BCUT2D eigenvalue weighted by molar-refractivity contribution is 5.67. The first-order valence-corrected chi connectivity index (χ1v) is 12.4. The maximum Gasteiger partial charge on any atom is 0.429 e. The first kappa shape index (κ1) is 29.2.